The van der Waals surface area contributed by atoms with Crippen LogP contribution in [0, 0.1) is 0 Å². The minimum atomic E-state index is -0.0573. The van der Waals surface area contributed by atoms with E-state index in [0.29, 0.717) is 23.7 Å². The highest BCUT2D eigenvalue weighted by Crippen LogP contribution is 2.17. The van der Waals surface area contributed by atoms with Crippen LogP contribution in [0.5, 0.6) is 0 Å². The lowest BCUT2D eigenvalue weighted by molar-refractivity contribution is 0.0744. The summed E-state index contributed by atoms with van der Waals surface area (Å²) in [5.74, 6) is 0.187. The molecule has 1 heterocycles. The van der Waals surface area contributed by atoms with Crippen molar-refractivity contribution in [1.29, 1.82) is 0 Å². The standard InChI is InChI=1S/C13H21ClN4O/c1-4-5-18(7-6-17(2)3)13(19)10-8-11(14)12(15)16-9-10/h8-9H,4-7H2,1-3H3,(H2,15,16). The van der Waals surface area contributed by atoms with Gasteiger partial charge in [-0.05, 0) is 26.6 Å². The Kier molecular flexibility index (Phi) is 6.05. The molecule has 0 bridgehead atoms. The van der Waals surface area contributed by atoms with E-state index in [0.717, 1.165) is 13.0 Å². The topological polar surface area (TPSA) is 62.5 Å². The molecule has 19 heavy (non-hydrogen) atoms. The molecule has 0 saturated heterocycles. The van der Waals surface area contributed by atoms with E-state index in [-0.39, 0.29) is 11.7 Å². The Morgan fingerprint density at radius 1 is 1.37 bits per heavy atom. The van der Waals surface area contributed by atoms with Gasteiger partial charge in [0.25, 0.3) is 5.91 Å². The van der Waals surface area contributed by atoms with E-state index in [1.807, 2.05) is 30.8 Å². The molecule has 1 aromatic rings. The predicted molar refractivity (Wildman–Crippen MR) is 78.4 cm³/mol. The van der Waals surface area contributed by atoms with Gasteiger partial charge in [0.05, 0.1) is 10.6 Å². The van der Waals surface area contributed by atoms with Crippen LogP contribution in [0.15, 0.2) is 12.3 Å². The fraction of sp³-hybridized carbons (Fsp3) is 0.538. The molecule has 0 fully saturated rings. The van der Waals surface area contributed by atoms with Crippen LogP contribution in [0.2, 0.25) is 5.02 Å². The van der Waals surface area contributed by atoms with E-state index in [2.05, 4.69) is 4.98 Å². The van der Waals surface area contributed by atoms with Gasteiger partial charge in [0.1, 0.15) is 5.82 Å². The Balaban J connectivity index is 2.82. The fourth-order valence-corrected chi connectivity index (χ4v) is 1.82. The van der Waals surface area contributed by atoms with Crippen molar-refractivity contribution in [2.45, 2.75) is 13.3 Å². The Morgan fingerprint density at radius 3 is 2.58 bits per heavy atom. The Labute approximate surface area is 119 Å². The normalized spacial score (nSPS) is 10.8. The molecule has 2 N–H and O–H groups in total. The van der Waals surface area contributed by atoms with E-state index in [1.165, 1.54) is 6.20 Å². The first-order chi connectivity index (χ1) is 8.95. The molecule has 0 aliphatic rings. The number of nitrogen functional groups attached to an aromatic ring is 1. The van der Waals surface area contributed by atoms with Crippen molar-refractivity contribution >= 4 is 23.3 Å². The summed E-state index contributed by atoms with van der Waals surface area (Å²) in [6.45, 7) is 4.27. The molecule has 0 aliphatic heterocycles. The van der Waals surface area contributed by atoms with Crippen LogP contribution in [0.4, 0.5) is 5.82 Å². The highest BCUT2D eigenvalue weighted by molar-refractivity contribution is 6.33. The van der Waals surface area contributed by atoms with E-state index in [1.54, 1.807) is 6.07 Å². The van der Waals surface area contributed by atoms with Crippen LogP contribution >= 0.6 is 11.6 Å². The Bertz CT molecular complexity index is 437. The number of pyridine rings is 1. The number of rotatable bonds is 6. The predicted octanol–water partition coefficient (Wildman–Crippen LogP) is 1.73. The number of nitrogens with two attached hydrogens (primary N) is 1. The quantitative estimate of drug-likeness (QED) is 0.864. The fourth-order valence-electron chi connectivity index (χ4n) is 1.65. The zero-order valence-electron chi connectivity index (χ0n) is 11.7. The highest BCUT2D eigenvalue weighted by atomic mass is 35.5. The molecule has 0 spiro atoms. The molecule has 106 valence electrons. The van der Waals surface area contributed by atoms with Crippen molar-refractivity contribution in [1.82, 2.24) is 14.8 Å². The summed E-state index contributed by atoms with van der Waals surface area (Å²) < 4.78 is 0. The third-order valence-corrected chi connectivity index (χ3v) is 3.02. The Hall–Kier alpha value is -1.33. The molecule has 0 aromatic carbocycles. The van der Waals surface area contributed by atoms with Gasteiger partial charge in [-0.15, -0.1) is 0 Å². The van der Waals surface area contributed by atoms with Gasteiger partial charge >= 0.3 is 0 Å². The maximum absolute atomic E-state index is 12.4. The van der Waals surface area contributed by atoms with Crippen molar-refractivity contribution in [2.75, 3.05) is 39.5 Å². The molecule has 5 nitrogen and oxygen atoms in total. The van der Waals surface area contributed by atoms with Crippen LogP contribution in [0.1, 0.15) is 23.7 Å². The van der Waals surface area contributed by atoms with Crippen molar-refractivity contribution in [2.24, 2.45) is 0 Å². The molecule has 6 heteroatoms. The number of amides is 1. The van der Waals surface area contributed by atoms with E-state index in [9.17, 15) is 4.79 Å². The first-order valence-corrected chi connectivity index (χ1v) is 6.68. The van der Waals surface area contributed by atoms with Crippen molar-refractivity contribution in [3.8, 4) is 0 Å². The van der Waals surface area contributed by atoms with E-state index < -0.39 is 0 Å². The van der Waals surface area contributed by atoms with Gasteiger partial charge in [-0.2, -0.15) is 0 Å². The molecule has 1 rings (SSSR count). The number of halogens is 1. The molecule has 0 atom stereocenters. The summed E-state index contributed by atoms with van der Waals surface area (Å²) in [6.07, 6.45) is 2.39. The van der Waals surface area contributed by atoms with Crippen molar-refractivity contribution in [3.05, 3.63) is 22.8 Å². The largest absolute Gasteiger partial charge is 0.382 e. The zero-order valence-corrected chi connectivity index (χ0v) is 12.4. The Morgan fingerprint density at radius 2 is 2.05 bits per heavy atom. The van der Waals surface area contributed by atoms with Gasteiger partial charge in [-0.1, -0.05) is 18.5 Å². The van der Waals surface area contributed by atoms with Gasteiger partial charge in [0, 0.05) is 25.8 Å². The van der Waals surface area contributed by atoms with Gasteiger partial charge in [0.2, 0.25) is 0 Å². The minimum Gasteiger partial charge on any atom is -0.382 e. The average molecular weight is 285 g/mol. The molecular formula is C13H21ClN4O. The lowest BCUT2D eigenvalue weighted by atomic mass is 10.2. The molecule has 1 amide bonds. The third-order valence-electron chi connectivity index (χ3n) is 2.71. The number of aromatic nitrogens is 1. The number of anilines is 1. The third kappa shape index (κ3) is 4.69. The summed E-state index contributed by atoms with van der Waals surface area (Å²) in [5, 5.41) is 0.315. The van der Waals surface area contributed by atoms with Gasteiger partial charge < -0.3 is 15.5 Å². The monoisotopic (exact) mass is 284 g/mol. The zero-order chi connectivity index (χ0) is 14.4. The molecule has 1 aromatic heterocycles. The van der Waals surface area contributed by atoms with E-state index in [4.69, 9.17) is 17.3 Å². The molecule has 0 unspecified atom stereocenters. The van der Waals surface area contributed by atoms with Crippen LogP contribution in [-0.4, -0.2) is 54.4 Å². The highest BCUT2D eigenvalue weighted by Gasteiger charge is 2.16. The number of hydrogen-bond acceptors (Lipinski definition) is 4. The van der Waals surface area contributed by atoms with Crippen molar-refractivity contribution < 1.29 is 4.79 Å². The second-order valence-corrected chi connectivity index (χ2v) is 5.09. The second-order valence-electron chi connectivity index (χ2n) is 4.69. The maximum Gasteiger partial charge on any atom is 0.255 e. The summed E-state index contributed by atoms with van der Waals surface area (Å²) in [5.41, 5.74) is 6.03. The van der Waals surface area contributed by atoms with Gasteiger partial charge in [-0.3, -0.25) is 4.79 Å². The summed E-state index contributed by atoms with van der Waals surface area (Å²) in [7, 11) is 3.96. The molecule has 0 aliphatic carbocycles. The van der Waals surface area contributed by atoms with Crippen LogP contribution in [0.25, 0.3) is 0 Å². The smallest absolute Gasteiger partial charge is 0.255 e. The number of nitrogens with zero attached hydrogens (tertiary/aromatic N) is 3. The molecular weight excluding hydrogens is 264 g/mol. The van der Waals surface area contributed by atoms with E-state index >= 15 is 0 Å². The van der Waals surface area contributed by atoms with Gasteiger partial charge in [0.15, 0.2) is 0 Å². The summed E-state index contributed by atoms with van der Waals surface area (Å²) in [6, 6.07) is 1.57. The first kappa shape index (κ1) is 15.7. The average Bonchev–Trinajstić information content (AvgIpc) is 2.36. The minimum absolute atomic E-state index is 0.0573. The summed E-state index contributed by atoms with van der Waals surface area (Å²) in [4.78, 5) is 20.2. The maximum atomic E-state index is 12.4. The molecule has 0 saturated carbocycles. The number of likely N-dealkylation sites (N-methyl/N-ethyl adjacent to an activating group) is 1. The van der Waals surface area contributed by atoms with Crippen molar-refractivity contribution in [3.63, 3.8) is 0 Å². The first-order valence-electron chi connectivity index (χ1n) is 6.30. The summed E-state index contributed by atoms with van der Waals surface area (Å²) >= 11 is 5.90. The van der Waals surface area contributed by atoms with Crippen LogP contribution in [0.3, 0.4) is 0 Å². The number of carbonyl (C=O) groups excluding carboxylic acids is 1. The van der Waals surface area contributed by atoms with Gasteiger partial charge in [-0.25, -0.2) is 4.98 Å². The van der Waals surface area contributed by atoms with Crippen LogP contribution < -0.4 is 5.73 Å². The second kappa shape index (κ2) is 7.31. The van der Waals surface area contributed by atoms with Crippen LogP contribution in [-0.2, 0) is 0 Å². The molecule has 0 radical (unpaired) electrons. The lowest BCUT2D eigenvalue weighted by Crippen LogP contribution is -2.37. The lowest BCUT2D eigenvalue weighted by Gasteiger charge is -2.24. The SMILES string of the molecule is CCCN(CCN(C)C)C(=O)c1cnc(N)c(Cl)c1. The number of carbonyl (C=O) groups is 1. The number of hydrogen-bond donors (Lipinski definition) is 1.